The number of anilines is 1. The summed E-state index contributed by atoms with van der Waals surface area (Å²) in [6.07, 6.45) is 5.97. The first-order valence-corrected chi connectivity index (χ1v) is 6.57. The van der Waals surface area contributed by atoms with Gasteiger partial charge in [-0.05, 0) is 34.0 Å². The number of nitrogens with one attached hydrogen (secondary N) is 1. The number of hydrogen-bond acceptors (Lipinski definition) is 5. The summed E-state index contributed by atoms with van der Waals surface area (Å²) in [4.78, 5) is 13.3. The second-order valence-electron chi connectivity index (χ2n) is 5.08. The number of piperidine rings is 1. The molecule has 1 aliphatic heterocycles. The van der Waals surface area contributed by atoms with Gasteiger partial charge < -0.3 is 15.1 Å². The Balaban J connectivity index is 2.05. The number of aromatic nitrogens is 2. The van der Waals surface area contributed by atoms with Crippen molar-refractivity contribution >= 4 is 5.82 Å². The van der Waals surface area contributed by atoms with E-state index in [2.05, 4.69) is 39.2 Å². The van der Waals surface area contributed by atoms with Crippen LogP contribution in [0.3, 0.4) is 0 Å². The minimum Gasteiger partial charge on any atom is -0.356 e. The van der Waals surface area contributed by atoms with Gasteiger partial charge in [0.2, 0.25) is 0 Å². The Labute approximate surface area is 109 Å². The molecule has 100 valence electrons. The lowest BCUT2D eigenvalue weighted by Gasteiger charge is -2.36. The van der Waals surface area contributed by atoms with Crippen molar-refractivity contribution in [2.45, 2.75) is 25.4 Å². The molecule has 1 aromatic rings. The van der Waals surface area contributed by atoms with Crippen LogP contribution in [0, 0.1) is 0 Å². The van der Waals surface area contributed by atoms with Gasteiger partial charge in [0.05, 0.1) is 0 Å². The molecule has 5 heteroatoms. The second kappa shape index (κ2) is 6.11. The van der Waals surface area contributed by atoms with Gasteiger partial charge in [0, 0.05) is 37.4 Å². The van der Waals surface area contributed by atoms with E-state index in [-0.39, 0.29) is 0 Å². The Morgan fingerprint density at radius 2 is 2.11 bits per heavy atom. The molecule has 0 unspecified atom stereocenters. The molecule has 0 bridgehead atoms. The van der Waals surface area contributed by atoms with E-state index in [4.69, 9.17) is 0 Å². The van der Waals surface area contributed by atoms with Gasteiger partial charge in [-0.15, -0.1) is 0 Å². The number of hydrogen-bond donors (Lipinski definition) is 1. The van der Waals surface area contributed by atoms with Gasteiger partial charge in [0.25, 0.3) is 0 Å². The van der Waals surface area contributed by atoms with Crippen LogP contribution in [0.1, 0.15) is 18.4 Å². The van der Waals surface area contributed by atoms with Crippen LogP contribution in [0.4, 0.5) is 5.82 Å². The van der Waals surface area contributed by atoms with E-state index in [9.17, 15) is 0 Å². The molecule has 0 radical (unpaired) electrons. The van der Waals surface area contributed by atoms with Gasteiger partial charge in [0.15, 0.2) is 0 Å². The number of nitrogens with zero attached hydrogens (tertiary/aromatic N) is 4. The van der Waals surface area contributed by atoms with Crippen molar-refractivity contribution < 1.29 is 0 Å². The fourth-order valence-corrected chi connectivity index (χ4v) is 2.55. The van der Waals surface area contributed by atoms with Gasteiger partial charge in [0.1, 0.15) is 12.1 Å². The maximum Gasteiger partial charge on any atom is 0.136 e. The van der Waals surface area contributed by atoms with Gasteiger partial charge >= 0.3 is 0 Å². The molecule has 1 aromatic heterocycles. The van der Waals surface area contributed by atoms with Gasteiger partial charge in [-0.3, -0.25) is 0 Å². The highest BCUT2D eigenvalue weighted by Crippen LogP contribution is 2.22. The van der Waals surface area contributed by atoms with Crippen LogP contribution in [-0.2, 0) is 6.54 Å². The molecule has 1 saturated heterocycles. The largest absolute Gasteiger partial charge is 0.356 e. The van der Waals surface area contributed by atoms with E-state index in [0.29, 0.717) is 6.04 Å². The first kappa shape index (κ1) is 13.2. The van der Waals surface area contributed by atoms with Crippen molar-refractivity contribution in [1.29, 1.82) is 0 Å². The van der Waals surface area contributed by atoms with Crippen molar-refractivity contribution in [3.63, 3.8) is 0 Å². The molecule has 0 spiro atoms. The highest BCUT2D eigenvalue weighted by molar-refractivity contribution is 5.45. The first-order valence-electron chi connectivity index (χ1n) is 6.57. The quantitative estimate of drug-likeness (QED) is 0.852. The van der Waals surface area contributed by atoms with E-state index >= 15 is 0 Å². The van der Waals surface area contributed by atoms with E-state index in [0.717, 1.165) is 25.5 Å². The van der Waals surface area contributed by atoms with Crippen LogP contribution in [0.25, 0.3) is 0 Å². The van der Waals surface area contributed by atoms with E-state index < -0.39 is 0 Å². The Hall–Kier alpha value is -1.20. The average molecular weight is 249 g/mol. The topological polar surface area (TPSA) is 44.3 Å². The SMILES string of the molecule is CNCc1cncnc1N1CCC(N(C)C)CC1. The summed E-state index contributed by atoms with van der Waals surface area (Å²) in [7, 11) is 6.28. The van der Waals surface area contributed by atoms with E-state index in [1.807, 2.05) is 13.2 Å². The van der Waals surface area contributed by atoms with Crippen LogP contribution in [0.5, 0.6) is 0 Å². The molecule has 0 aromatic carbocycles. The molecule has 0 amide bonds. The lowest BCUT2D eigenvalue weighted by Crippen LogP contribution is -2.42. The monoisotopic (exact) mass is 249 g/mol. The summed E-state index contributed by atoms with van der Waals surface area (Å²) in [6, 6.07) is 0.704. The molecular formula is C13H23N5. The minimum atomic E-state index is 0.704. The van der Waals surface area contributed by atoms with Crippen molar-refractivity contribution in [1.82, 2.24) is 20.2 Å². The minimum absolute atomic E-state index is 0.704. The molecule has 1 N–H and O–H groups in total. The third-order valence-corrected chi connectivity index (χ3v) is 3.63. The third kappa shape index (κ3) is 2.97. The Morgan fingerprint density at radius 3 is 2.72 bits per heavy atom. The smallest absolute Gasteiger partial charge is 0.136 e. The third-order valence-electron chi connectivity index (χ3n) is 3.63. The first-order chi connectivity index (χ1) is 8.72. The van der Waals surface area contributed by atoms with Crippen LogP contribution in [0.2, 0.25) is 0 Å². The summed E-state index contributed by atoms with van der Waals surface area (Å²) in [6.45, 7) is 2.98. The van der Waals surface area contributed by atoms with Crippen molar-refractivity contribution in [2.24, 2.45) is 0 Å². The zero-order valence-electron chi connectivity index (χ0n) is 11.6. The molecule has 1 fully saturated rings. The Kier molecular flexibility index (Phi) is 4.49. The zero-order chi connectivity index (χ0) is 13.0. The van der Waals surface area contributed by atoms with E-state index in [1.54, 1.807) is 6.33 Å². The van der Waals surface area contributed by atoms with Crippen LogP contribution in [0.15, 0.2) is 12.5 Å². The van der Waals surface area contributed by atoms with Crippen LogP contribution in [-0.4, -0.2) is 55.1 Å². The molecule has 1 aliphatic rings. The maximum absolute atomic E-state index is 4.45. The summed E-state index contributed by atoms with van der Waals surface area (Å²) in [5, 5.41) is 3.18. The lowest BCUT2D eigenvalue weighted by atomic mass is 10.0. The second-order valence-corrected chi connectivity index (χ2v) is 5.08. The summed E-state index contributed by atoms with van der Waals surface area (Å²) in [5.74, 6) is 1.09. The summed E-state index contributed by atoms with van der Waals surface area (Å²) in [5.41, 5.74) is 1.18. The summed E-state index contributed by atoms with van der Waals surface area (Å²) < 4.78 is 0. The standard InChI is InChI=1S/C13H23N5/c1-14-8-11-9-15-10-16-13(11)18-6-4-12(5-7-18)17(2)3/h9-10,12,14H,4-8H2,1-3H3. The highest BCUT2D eigenvalue weighted by atomic mass is 15.2. The fourth-order valence-electron chi connectivity index (χ4n) is 2.55. The number of rotatable bonds is 4. The van der Waals surface area contributed by atoms with Crippen molar-refractivity contribution in [3.8, 4) is 0 Å². The van der Waals surface area contributed by atoms with Crippen LogP contribution >= 0.6 is 0 Å². The van der Waals surface area contributed by atoms with Gasteiger partial charge in [-0.25, -0.2) is 9.97 Å². The van der Waals surface area contributed by atoms with Gasteiger partial charge in [-0.1, -0.05) is 0 Å². The Morgan fingerprint density at radius 1 is 1.39 bits per heavy atom. The predicted octanol–water partition coefficient (Wildman–Crippen LogP) is 0.726. The average Bonchev–Trinajstić information content (AvgIpc) is 2.40. The van der Waals surface area contributed by atoms with Crippen molar-refractivity contribution in [2.75, 3.05) is 39.1 Å². The van der Waals surface area contributed by atoms with Crippen molar-refractivity contribution in [3.05, 3.63) is 18.1 Å². The van der Waals surface area contributed by atoms with Gasteiger partial charge in [-0.2, -0.15) is 0 Å². The molecule has 0 saturated carbocycles. The fraction of sp³-hybridized carbons (Fsp3) is 0.692. The molecule has 2 rings (SSSR count). The molecular weight excluding hydrogens is 226 g/mol. The predicted molar refractivity (Wildman–Crippen MR) is 73.7 cm³/mol. The van der Waals surface area contributed by atoms with E-state index in [1.165, 1.54) is 18.4 Å². The summed E-state index contributed by atoms with van der Waals surface area (Å²) >= 11 is 0. The molecule has 0 atom stereocenters. The molecule has 5 nitrogen and oxygen atoms in total. The molecule has 18 heavy (non-hydrogen) atoms. The molecule has 0 aliphatic carbocycles. The normalized spacial score (nSPS) is 17.4. The Bertz CT molecular complexity index is 371. The molecule has 2 heterocycles. The zero-order valence-corrected chi connectivity index (χ0v) is 11.6. The van der Waals surface area contributed by atoms with Crippen LogP contribution < -0.4 is 10.2 Å². The maximum atomic E-state index is 4.45. The highest BCUT2D eigenvalue weighted by Gasteiger charge is 2.22. The lowest BCUT2D eigenvalue weighted by molar-refractivity contribution is 0.249.